The van der Waals surface area contributed by atoms with Gasteiger partial charge in [-0.15, -0.1) is 0 Å². The Kier molecular flexibility index (Phi) is 3.12. The van der Waals surface area contributed by atoms with E-state index in [2.05, 4.69) is 10.3 Å². The third-order valence-electron chi connectivity index (χ3n) is 5.04. The predicted octanol–water partition coefficient (Wildman–Crippen LogP) is 2.65. The third kappa shape index (κ3) is 2.13. The Labute approximate surface area is 148 Å². The zero-order valence-corrected chi connectivity index (χ0v) is 13.8. The maximum Gasteiger partial charge on any atom is 0.237 e. The van der Waals surface area contributed by atoms with E-state index in [0.717, 1.165) is 11.0 Å². The van der Waals surface area contributed by atoms with Gasteiger partial charge in [0.15, 0.2) is 0 Å². The summed E-state index contributed by atoms with van der Waals surface area (Å²) >= 11 is 0. The van der Waals surface area contributed by atoms with Crippen molar-refractivity contribution < 1.29 is 14.0 Å². The Bertz CT molecular complexity index is 1070. The SMILES string of the molecule is O=C1CC(C(=O)N2CCn3c2nc2ccccc23)c2ccc(F)cc2N1. The molecule has 130 valence electrons. The first-order chi connectivity index (χ1) is 12.6. The van der Waals surface area contributed by atoms with Crippen molar-refractivity contribution in [2.45, 2.75) is 18.9 Å². The van der Waals surface area contributed by atoms with Crippen molar-refractivity contribution in [3.8, 4) is 0 Å². The monoisotopic (exact) mass is 350 g/mol. The summed E-state index contributed by atoms with van der Waals surface area (Å²) in [7, 11) is 0. The molecule has 0 saturated carbocycles. The molecule has 0 bridgehead atoms. The van der Waals surface area contributed by atoms with Gasteiger partial charge in [-0.05, 0) is 29.8 Å². The Morgan fingerprint density at radius 3 is 2.92 bits per heavy atom. The van der Waals surface area contributed by atoms with E-state index >= 15 is 0 Å². The third-order valence-corrected chi connectivity index (χ3v) is 5.04. The quantitative estimate of drug-likeness (QED) is 0.734. The molecular weight excluding hydrogens is 335 g/mol. The van der Waals surface area contributed by atoms with E-state index in [1.54, 1.807) is 11.0 Å². The molecule has 3 aromatic rings. The molecule has 1 N–H and O–H groups in total. The van der Waals surface area contributed by atoms with E-state index in [4.69, 9.17) is 0 Å². The Hall–Kier alpha value is -3.22. The second kappa shape index (κ2) is 5.39. The van der Waals surface area contributed by atoms with Gasteiger partial charge in [0.2, 0.25) is 17.8 Å². The number of carbonyl (C=O) groups excluding carboxylic acids is 2. The molecule has 0 saturated heterocycles. The number of aromatic nitrogens is 2. The number of halogens is 1. The highest BCUT2D eigenvalue weighted by Crippen LogP contribution is 2.36. The zero-order chi connectivity index (χ0) is 17.8. The predicted molar refractivity (Wildman–Crippen MR) is 94.5 cm³/mol. The van der Waals surface area contributed by atoms with Crippen molar-refractivity contribution in [2.75, 3.05) is 16.8 Å². The number of rotatable bonds is 1. The van der Waals surface area contributed by atoms with Crippen LogP contribution in [0, 0.1) is 5.82 Å². The number of anilines is 2. The summed E-state index contributed by atoms with van der Waals surface area (Å²) in [5, 5.41) is 2.65. The van der Waals surface area contributed by atoms with Gasteiger partial charge in [0.1, 0.15) is 5.82 Å². The number of hydrogen-bond donors (Lipinski definition) is 1. The fraction of sp³-hybridized carbons (Fsp3) is 0.211. The number of nitrogens with zero attached hydrogens (tertiary/aromatic N) is 3. The second-order valence-corrected chi connectivity index (χ2v) is 6.58. The number of para-hydroxylation sites is 2. The summed E-state index contributed by atoms with van der Waals surface area (Å²) in [4.78, 5) is 31.5. The van der Waals surface area contributed by atoms with Gasteiger partial charge in [-0.2, -0.15) is 0 Å². The molecule has 0 fully saturated rings. The minimum atomic E-state index is -0.634. The lowest BCUT2D eigenvalue weighted by atomic mass is 9.89. The van der Waals surface area contributed by atoms with Gasteiger partial charge >= 0.3 is 0 Å². The van der Waals surface area contributed by atoms with E-state index in [1.165, 1.54) is 12.1 Å². The largest absolute Gasteiger partial charge is 0.326 e. The average Bonchev–Trinajstić information content (AvgIpc) is 3.19. The smallest absolute Gasteiger partial charge is 0.237 e. The van der Waals surface area contributed by atoms with Crippen molar-refractivity contribution in [1.82, 2.24) is 9.55 Å². The van der Waals surface area contributed by atoms with Crippen LogP contribution in [0.25, 0.3) is 11.0 Å². The van der Waals surface area contributed by atoms with Gasteiger partial charge < -0.3 is 9.88 Å². The number of carbonyl (C=O) groups is 2. The lowest BCUT2D eigenvalue weighted by Crippen LogP contribution is -2.38. The van der Waals surface area contributed by atoms with E-state index in [-0.39, 0.29) is 18.2 Å². The van der Waals surface area contributed by atoms with E-state index in [1.807, 2.05) is 28.8 Å². The summed E-state index contributed by atoms with van der Waals surface area (Å²) in [6, 6.07) is 11.9. The van der Waals surface area contributed by atoms with E-state index < -0.39 is 11.7 Å². The number of fused-ring (bicyclic) bond motifs is 4. The summed E-state index contributed by atoms with van der Waals surface area (Å²) in [6.07, 6.45) is 0.0498. The van der Waals surface area contributed by atoms with E-state index in [0.29, 0.717) is 30.3 Å². The van der Waals surface area contributed by atoms with Crippen molar-refractivity contribution in [3.05, 3.63) is 53.8 Å². The summed E-state index contributed by atoms with van der Waals surface area (Å²) in [5.41, 5.74) is 2.84. The first-order valence-corrected chi connectivity index (χ1v) is 8.48. The number of imidazole rings is 1. The second-order valence-electron chi connectivity index (χ2n) is 6.58. The summed E-state index contributed by atoms with van der Waals surface area (Å²) in [5.74, 6) is -0.937. The zero-order valence-electron chi connectivity index (χ0n) is 13.8. The van der Waals surface area contributed by atoms with Crippen LogP contribution >= 0.6 is 0 Å². The molecule has 7 heteroatoms. The van der Waals surface area contributed by atoms with Crippen LogP contribution in [0.3, 0.4) is 0 Å². The maximum atomic E-state index is 13.5. The molecule has 2 aliphatic rings. The number of hydrogen-bond acceptors (Lipinski definition) is 3. The lowest BCUT2D eigenvalue weighted by molar-refractivity contribution is -0.124. The van der Waals surface area contributed by atoms with Crippen molar-refractivity contribution in [2.24, 2.45) is 0 Å². The van der Waals surface area contributed by atoms with Crippen molar-refractivity contribution >= 4 is 34.5 Å². The van der Waals surface area contributed by atoms with Crippen LogP contribution in [0.1, 0.15) is 17.9 Å². The first-order valence-electron chi connectivity index (χ1n) is 8.48. The summed E-state index contributed by atoms with van der Waals surface area (Å²) in [6.45, 7) is 1.18. The molecule has 0 radical (unpaired) electrons. The topological polar surface area (TPSA) is 67.2 Å². The van der Waals surface area contributed by atoms with Gasteiger partial charge in [-0.25, -0.2) is 9.37 Å². The first kappa shape index (κ1) is 15.1. The van der Waals surface area contributed by atoms with Crippen LogP contribution in [-0.2, 0) is 16.1 Å². The van der Waals surface area contributed by atoms with E-state index in [9.17, 15) is 14.0 Å². The van der Waals surface area contributed by atoms with Crippen LogP contribution in [0.4, 0.5) is 16.0 Å². The fourth-order valence-electron chi connectivity index (χ4n) is 3.84. The standard InChI is InChI=1S/C19H15FN4O2/c20-11-5-6-12-13(10-17(25)21-15(12)9-11)18(26)24-8-7-23-16-4-2-1-3-14(16)22-19(23)24/h1-6,9,13H,7-8,10H2,(H,21,25). The van der Waals surface area contributed by atoms with Gasteiger partial charge in [0, 0.05) is 25.2 Å². The van der Waals surface area contributed by atoms with Gasteiger partial charge in [-0.3, -0.25) is 14.5 Å². The molecule has 1 unspecified atom stereocenters. The maximum absolute atomic E-state index is 13.5. The van der Waals surface area contributed by atoms with Crippen LogP contribution in [-0.4, -0.2) is 27.9 Å². The average molecular weight is 350 g/mol. The molecule has 2 aliphatic heterocycles. The summed E-state index contributed by atoms with van der Waals surface area (Å²) < 4.78 is 15.5. The number of nitrogens with one attached hydrogen (secondary N) is 1. The molecule has 2 aromatic carbocycles. The van der Waals surface area contributed by atoms with Crippen LogP contribution in [0.5, 0.6) is 0 Å². The molecule has 26 heavy (non-hydrogen) atoms. The van der Waals surface area contributed by atoms with Crippen molar-refractivity contribution in [3.63, 3.8) is 0 Å². The fourth-order valence-corrected chi connectivity index (χ4v) is 3.84. The molecule has 5 rings (SSSR count). The molecule has 3 heterocycles. The molecule has 0 spiro atoms. The van der Waals surface area contributed by atoms with Gasteiger partial charge in [0.05, 0.1) is 17.0 Å². The Balaban J connectivity index is 1.55. The molecule has 1 aromatic heterocycles. The van der Waals surface area contributed by atoms with Crippen LogP contribution in [0.2, 0.25) is 0 Å². The van der Waals surface area contributed by atoms with Crippen LogP contribution < -0.4 is 10.2 Å². The highest BCUT2D eigenvalue weighted by Gasteiger charge is 2.37. The molecule has 1 atom stereocenters. The Morgan fingerprint density at radius 2 is 2.04 bits per heavy atom. The molecule has 0 aliphatic carbocycles. The Morgan fingerprint density at radius 1 is 1.19 bits per heavy atom. The van der Waals surface area contributed by atoms with Crippen molar-refractivity contribution in [1.29, 1.82) is 0 Å². The molecule has 6 nitrogen and oxygen atoms in total. The normalized spacial score (nSPS) is 18.6. The van der Waals surface area contributed by atoms with Gasteiger partial charge in [0.25, 0.3) is 0 Å². The number of amides is 2. The highest BCUT2D eigenvalue weighted by atomic mass is 19.1. The highest BCUT2D eigenvalue weighted by molar-refractivity contribution is 6.06. The van der Waals surface area contributed by atoms with Gasteiger partial charge in [-0.1, -0.05) is 18.2 Å². The lowest BCUT2D eigenvalue weighted by Gasteiger charge is -2.27. The number of benzene rings is 2. The molecule has 2 amide bonds. The minimum absolute atomic E-state index is 0.0498. The molecular formula is C19H15FN4O2. The van der Waals surface area contributed by atoms with Crippen LogP contribution in [0.15, 0.2) is 42.5 Å². The minimum Gasteiger partial charge on any atom is -0.326 e.